The molecule has 0 radical (unpaired) electrons. The highest BCUT2D eigenvalue weighted by Crippen LogP contribution is 2.17. The van der Waals surface area contributed by atoms with Gasteiger partial charge in [0.1, 0.15) is 5.71 Å². The summed E-state index contributed by atoms with van der Waals surface area (Å²) in [4.78, 5) is 0. The Hall–Kier alpha value is -2.40. The third-order valence-corrected chi connectivity index (χ3v) is 3.50. The Morgan fingerprint density at radius 3 is 2.39 bits per heavy atom. The summed E-state index contributed by atoms with van der Waals surface area (Å²) in [5.74, 6) is 0. The molecule has 0 aliphatic heterocycles. The van der Waals surface area contributed by atoms with E-state index in [-0.39, 0.29) is 0 Å². The first-order chi connectivity index (χ1) is 11.0. The Labute approximate surface area is 137 Å². The number of oxime groups is 1. The largest absolute Gasteiger partial charge is 0.325 e. The van der Waals surface area contributed by atoms with Crippen LogP contribution in [-0.2, 0) is 20.8 Å². The van der Waals surface area contributed by atoms with E-state index in [0.29, 0.717) is 5.71 Å². The fraction of sp³-hybridized carbons (Fsp3) is 0.167. The highest BCUT2D eigenvalue weighted by molar-refractivity contribution is 7.85. The fourth-order valence-electron chi connectivity index (χ4n) is 2.13. The van der Waals surface area contributed by atoms with E-state index in [1.165, 1.54) is 0 Å². The van der Waals surface area contributed by atoms with Crippen LogP contribution in [0.15, 0.2) is 71.9 Å². The van der Waals surface area contributed by atoms with Crippen LogP contribution in [0.3, 0.4) is 0 Å². The molecule has 0 bridgehead atoms. The minimum absolute atomic E-state index is 0.496. The minimum Gasteiger partial charge on any atom is -0.268 e. The standard InChI is InChI=1S/C18H19NO3S/c1-3-4-10-15-11-8-9-14-17(15)18(19-22-23(2,20)21)16-12-6-5-7-13-16/h3-9,11-14H,10H2,1-2H3. The lowest BCUT2D eigenvalue weighted by Crippen LogP contribution is -2.09. The van der Waals surface area contributed by atoms with Crippen molar-refractivity contribution in [1.29, 1.82) is 0 Å². The van der Waals surface area contributed by atoms with Gasteiger partial charge in [0.05, 0.1) is 6.26 Å². The van der Waals surface area contributed by atoms with Gasteiger partial charge in [0, 0.05) is 11.1 Å². The molecule has 0 amide bonds. The second-order valence-electron chi connectivity index (χ2n) is 5.01. The molecule has 0 spiro atoms. The minimum atomic E-state index is -3.67. The van der Waals surface area contributed by atoms with E-state index < -0.39 is 10.1 Å². The number of nitrogens with zero attached hydrogens (tertiary/aromatic N) is 1. The normalized spacial score (nSPS) is 12.5. The smallest absolute Gasteiger partial charge is 0.268 e. The Morgan fingerprint density at radius 2 is 1.74 bits per heavy atom. The van der Waals surface area contributed by atoms with Gasteiger partial charge in [-0.05, 0) is 18.9 Å². The van der Waals surface area contributed by atoms with Crippen LogP contribution in [0.25, 0.3) is 0 Å². The van der Waals surface area contributed by atoms with Crippen LogP contribution in [0.1, 0.15) is 23.6 Å². The molecule has 2 aromatic carbocycles. The van der Waals surface area contributed by atoms with Crippen LogP contribution in [0.2, 0.25) is 0 Å². The molecule has 2 rings (SSSR count). The van der Waals surface area contributed by atoms with Crippen LogP contribution in [-0.4, -0.2) is 20.4 Å². The fourth-order valence-corrected chi connectivity index (χ4v) is 2.34. The average Bonchev–Trinajstić information content (AvgIpc) is 2.54. The second-order valence-corrected chi connectivity index (χ2v) is 6.57. The third-order valence-electron chi connectivity index (χ3n) is 3.16. The van der Waals surface area contributed by atoms with E-state index in [1.807, 2.05) is 73.7 Å². The molecule has 0 aliphatic carbocycles. The van der Waals surface area contributed by atoms with Crippen LogP contribution >= 0.6 is 0 Å². The van der Waals surface area contributed by atoms with E-state index in [0.717, 1.165) is 29.4 Å². The van der Waals surface area contributed by atoms with Gasteiger partial charge in [0.15, 0.2) is 0 Å². The summed E-state index contributed by atoms with van der Waals surface area (Å²) in [6.07, 6.45) is 5.73. The van der Waals surface area contributed by atoms with Gasteiger partial charge in [-0.3, -0.25) is 4.28 Å². The lowest BCUT2D eigenvalue weighted by Gasteiger charge is -2.11. The SMILES string of the molecule is CC=CCc1ccccc1C(=NOS(C)(=O)=O)c1ccccc1. The molecule has 0 aromatic heterocycles. The molecule has 0 saturated carbocycles. The zero-order chi connectivity index (χ0) is 16.7. The summed E-state index contributed by atoms with van der Waals surface area (Å²) >= 11 is 0. The van der Waals surface area contributed by atoms with Crippen molar-refractivity contribution in [3.63, 3.8) is 0 Å². The molecule has 0 atom stereocenters. The summed E-state index contributed by atoms with van der Waals surface area (Å²) in [6, 6.07) is 17.1. The van der Waals surface area contributed by atoms with Crippen LogP contribution in [0, 0.1) is 0 Å². The zero-order valence-electron chi connectivity index (χ0n) is 13.1. The van der Waals surface area contributed by atoms with Crippen molar-refractivity contribution in [1.82, 2.24) is 0 Å². The molecular formula is C18H19NO3S. The van der Waals surface area contributed by atoms with E-state index in [4.69, 9.17) is 4.28 Å². The van der Waals surface area contributed by atoms with Gasteiger partial charge in [0.25, 0.3) is 0 Å². The van der Waals surface area contributed by atoms with Crippen molar-refractivity contribution in [2.45, 2.75) is 13.3 Å². The summed E-state index contributed by atoms with van der Waals surface area (Å²) in [6.45, 7) is 1.96. The molecular weight excluding hydrogens is 310 g/mol. The van der Waals surface area contributed by atoms with Crippen LogP contribution < -0.4 is 0 Å². The quantitative estimate of drug-likeness (QED) is 0.463. The second kappa shape index (κ2) is 7.74. The Balaban J connectivity index is 2.54. The third kappa shape index (κ3) is 5.07. The first kappa shape index (κ1) is 17.0. The van der Waals surface area contributed by atoms with E-state index in [1.54, 1.807) is 0 Å². The summed E-state index contributed by atoms with van der Waals surface area (Å²) < 4.78 is 27.3. The number of allylic oxidation sites excluding steroid dienone is 2. The highest BCUT2D eigenvalue weighted by Gasteiger charge is 2.13. The van der Waals surface area contributed by atoms with Gasteiger partial charge >= 0.3 is 10.1 Å². The maximum Gasteiger partial charge on any atom is 0.325 e. The topological polar surface area (TPSA) is 55.7 Å². The number of rotatable bonds is 6. The summed E-state index contributed by atoms with van der Waals surface area (Å²) in [7, 11) is -3.67. The molecule has 0 fully saturated rings. The maximum absolute atomic E-state index is 11.3. The van der Waals surface area contributed by atoms with Crippen molar-refractivity contribution in [3.05, 3.63) is 83.4 Å². The van der Waals surface area contributed by atoms with Gasteiger partial charge < -0.3 is 0 Å². The van der Waals surface area contributed by atoms with Crippen molar-refractivity contribution in [3.8, 4) is 0 Å². The number of benzene rings is 2. The number of hydrogen-bond acceptors (Lipinski definition) is 4. The van der Waals surface area contributed by atoms with E-state index >= 15 is 0 Å². The van der Waals surface area contributed by atoms with Crippen molar-refractivity contribution >= 4 is 15.8 Å². The van der Waals surface area contributed by atoms with E-state index in [2.05, 4.69) is 5.16 Å². The lowest BCUT2D eigenvalue weighted by molar-refractivity contribution is 0.343. The van der Waals surface area contributed by atoms with Gasteiger partial charge in [0.2, 0.25) is 0 Å². The molecule has 5 heteroatoms. The molecule has 4 nitrogen and oxygen atoms in total. The monoisotopic (exact) mass is 329 g/mol. The molecule has 0 saturated heterocycles. The van der Waals surface area contributed by atoms with E-state index in [9.17, 15) is 8.42 Å². The van der Waals surface area contributed by atoms with Gasteiger partial charge in [-0.25, -0.2) is 0 Å². The Morgan fingerprint density at radius 1 is 1.09 bits per heavy atom. The molecule has 120 valence electrons. The average molecular weight is 329 g/mol. The molecule has 0 aliphatic rings. The van der Waals surface area contributed by atoms with Crippen molar-refractivity contribution < 1.29 is 12.7 Å². The highest BCUT2D eigenvalue weighted by atomic mass is 32.2. The van der Waals surface area contributed by atoms with Crippen molar-refractivity contribution in [2.24, 2.45) is 5.16 Å². The van der Waals surface area contributed by atoms with Gasteiger partial charge in [-0.2, -0.15) is 8.42 Å². The van der Waals surface area contributed by atoms with Crippen LogP contribution in [0.5, 0.6) is 0 Å². The van der Waals surface area contributed by atoms with Gasteiger partial charge in [-0.15, -0.1) is 0 Å². The molecule has 2 aromatic rings. The Bertz CT molecular complexity index is 809. The van der Waals surface area contributed by atoms with Crippen LogP contribution in [0.4, 0.5) is 0 Å². The molecule has 23 heavy (non-hydrogen) atoms. The first-order valence-corrected chi connectivity index (χ1v) is 9.04. The predicted molar refractivity (Wildman–Crippen MR) is 93.0 cm³/mol. The lowest BCUT2D eigenvalue weighted by atomic mass is 9.96. The predicted octanol–water partition coefficient (Wildman–Crippen LogP) is 3.53. The number of hydrogen-bond donors (Lipinski definition) is 0. The van der Waals surface area contributed by atoms with Crippen molar-refractivity contribution in [2.75, 3.05) is 6.26 Å². The Kier molecular flexibility index (Phi) is 5.71. The van der Waals surface area contributed by atoms with Gasteiger partial charge in [-0.1, -0.05) is 71.9 Å². The first-order valence-electron chi connectivity index (χ1n) is 7.22. The summed E-state index contributed by atoms with van der Waals surface area (Å²) in [5.41, 5.74) is 3.19. The maximum atomic E-state index is 11.3. The molecule has 0 unspecified atom stereocenters. The molecule has 0 heterocycles. The molecule has 0 N–H and O–H groups in total. The summed E-state index contributed by atoms with van der Waals surface area (Å²) in [5, 5.41) is 3.91. The zero-order valence-corrected chi connectivity index (χ0v) is 14.0.